The number of hydrogen-bond acceptors (Lipinski definition) is 4. The summed E-state index contributed by atoms with van der Waals surface area (Å²) in [5.74, 6) is 0.787. The van der Waals surface area contributed by atoms with Crippen LogP contribution in [0.15, 0.2) is 42.5 Å². The number of para-hydroxylation sites is 1. The lowest BCUT2D eigenvalue weighted by atomic mass is 9.93. The van der Waals surface area contributed by atoms with Gasteiger partial charge in [0.05, 0.1) is 23.8 Å². The fraction of sp³-hybridized carbons (Fsp3) is 0.300. The molecule has 1 aliphatic heterocycles. The SMILES string of the molecule is COc1ccccc1C(=O)Nc1ccc2c(c1)N(C)C(=O)C(C)(C)CO2. The van der Waals surface area contributed by atoms with Crippen molar-refractivity contribution in [2.75, 3.05) is 31.0 Å². The van der Waals surface area contributed by atoms with E-state index in [0.29, 0.717) is 35.0 Å². The van der Waals surface area contributed by atoms with E-state index in [2.05, 4.69) is 5.32 Å². The summed E-state index contributed by atoms with van der Waals surface area (Å²) in [7, 11) is 3.23. The fourth-order valence-electron chi connectivity index (χ4n) is 2.89. The van der Waals surface area contributed by atoms with Crippen LogP contribution in [0.25, 0.3) is 0 Å². The number of amides is 2. The molecule has 0 radical (unpaired) electrons. The largest absolute Gasteiger partial charge is 0.496 e. The average Bonchev–Trinajstić information content (AvgIpc) is 2.72. The minimum atomic E-state index is -0.616. The van der Waals surface area contributed by atoms with E-state index in [1.54, 1.807) is 54.4 Å². The first-order valence-corrected chi connectivity index (χ1v) is 8.33. The van der Waals surface area contributed by atoms with E-state index < -0.39 is 5.41 Å². The standard InChI is InChI=1S/C20H22N2O4/c1-20(2)12-26-17-10-9-13(11-15(17)22(3)19(20)24)21-18(23)14-7-5-6-8-16(14)25-4/h5-11H,12H2,1-4H3,(H,21,23). The van der Waals surface area contributed by atoms with E-state index in [9.17, 15) is 9.59 Å². The molecule has 1 heterocycles. The van der Waals surface area contributed by atoms with E-state index in [0.717, 1.165) is 0 Å². The number of carbonyl (C=O) groups is 2. The zero-order valence-electron chi connectivity index (χ0n) is 15.3. The molecule has 0 aliphatic carbocycles. The van der Waals surface area contributed by atoms with Crippen molar-refractivity contribution < 1.29 is 19.1 Å². The number of carbonyl (C=O) groups excluding carboxylic acids is 2. The zero-order chi connectivity index (χ0) is 18.9. The van der Waals surface area contributed by atoms with Gasteiger partial charge in [-0.25, -0.2) is 0 Å². The minimum Gasteiger partial charge on any atom is -0.496 e. The number of anilines is 2. The van der Waals surface area contributed by atoms with Crippen LogP contribution in [0.2, 0.25) is 0 Å². The molecule has 2 amide bonds. The zero-order valence-corrected chi connectivity index (χ0v) is 15.3. The molecule has 0 saturated carbocycles. The van der Waals surface area contributed by atoms with Crippen molar-refractivity contribution in [1.29, 1.82) is 0 Å². The predicted octanol–water partition coefficient (Wildman–Crippen LogP) is 3.33. The molecule has 0 atom stereocenters. The Morgan fingerprint density at radius 1 is 1.23 bits per heavy atom. The van der Waals surface area contributed by atoms with Crippen LogP contribution in [0.1, 0.15) is 24.2 Å². The smallest absolute Gasteiger partial charge is 0.259 e. The first-order chi connectivity index (χ1) is 12.3. The van der Waals surface area contributed by atoms with Crippen molar-refractivity contribution in [2.45, 2.75) is 13.8 Å². The molecule has 3 rings (SSSR count). The molecule has 2 aromatic carbocycles. The summed E-state index contributed by atoms with van der Waals surface area (Å²) in [5.41, 5.74) is 1.02. The van der Waals surface area contributed by atoms with E-state index >= 15 is 0 Å². The second-order valence-electron chi connectivity index (χ2n) is 6.87. The van der Waals surface area contributed by atoms with Gasteiger partial charge in [0.25, 0.3) is 5.91 Å². The summed E-state index contributed by atoms with van der Waals surface area (Å²) in [6.07, 6.45) is 0. The summed E-state index contributed by atoms with van der Waals surface area (Å²) in [4.78, 5) is 26.8. The lowest BCUT2D eigenvalue weighted by molar-refractivity contribution is -0.127. The van der Waals surface area contributed by atoms with Crippen molar-refractivity contribution >= 4 is 23.2 Å². The maximum absolute atomic E-state index is 12.6. The van der Waals surface area contributed by atoms with Crippen LogP contribution in [0.4, 0.5) is 11.4 Å². The lowest BCUT2D eigenvalue weighted by Crippen LogP contribution is -2.39. The average molecular weight is 354 g/mol. The van der Waals surface area contributed by atoms with Crippen LogP contribution in [-0.2, 0) is 4.79 Å². The molecule has 2 aromatic rings. The topological polar surface area (TPSA) is 67.9 Å². The van der Waals surface area contributed by atoms with Gasteiger partial charge in [-0.2, -0.15) is 0 Å². The van der Waals surface area contributed by atoms with Gasteiger partial charge in [-0.15, -0.1) is 0 Å². The monoisotopic (exact) mass is 354 g/mol. The maximum Gasteiger partial charge on any atom is 0.259 e. The van der Waals surface area contributed by atoms with Crippen molar-refractivity contribution in [3.05, 3.63) is 48.0 Å². The Morgan fingerprint density at radius 2 is 1.96 bits per heavy atom. The Balaban J connectivity index is 1.89. The Bertz CT molecular complexity index is 861. The van der Waals surface area contributed by atoms with E-state index in [1.807, 2.05) is 13.8 Å². The van der Waals surface area contributed by atoms with Crippen LogP contribution in [0.5, 0.6) is 11.5 Å². The second kappa shape index (κ2) is 6.71. The molecule has 0 unspecified atom stereocenters. The molecule has 6 heteroatoms. The number of methoxy groups -OCH3 is 1. The van der Waals surface area contributed by atoms with Gasteiger partial charge in [-0.1, -0.05) is 12.1 Å². The molecule has 136 valence electrons. The van der Waals surface area contributed by atoms with E-state index in [-0.39, 0.29) is 11.8 Å². The molecule has 0 bridgehead atoms. The maximum atomic E-state index is 12.6. The highest BCUT2D eigenvalue weighted by Crippen LogP contribution is 2.37. The van der Waals surface area contributed by atoms with Gasteiger partial charge in [0.1, 0.15) is 18.1 Å². The Morgan fingerprint density at radius 3 is 2.69 bits per heavy atom. The first-order valence-electron chi connectivity index (χ1n) is 8.33. The highest BCUT2D eigenvalue weighted by atomic mass is 16.5. The van der Waals surface area contributed by atoms with Crippen LogP contribution >= 0.6 is 0 Å². The van der Waals surface area contributed by atoms with Crippen molar-refractivity contribution in [2.24, 2.45) is 5.41 Å². The molecule has 26 heavy (non-hydrogen) atoms. The summed E-state index contributed by atoms with van der Waals surface area (Å²) in [6, 6.07) is 12.3. The van der Waals surface area contributed by atoms with Crippen molar-refractivity contribution in [3.8, 4) is 11.5 Å². The third kappa shape index (κ3) is 3.22. The normalized spacial score (nSPS) is 15.5. The molecule has 6 nitrogen and oxygen atoms in total. The number of hydrogen-bond donors (Lipinski definition) is 1. The predicted molar refractivity (Wildman–Crippen MR) is 100 cm³/mol. The molecule has 1 N–H and O–H groups in total. The fourth-order valence-corrected chi connectivity index (χ4v) is 2.89. The van der Waals surface area contributed by atoms with Crippen LogP contribution in [0.3, 0.4) is 0 Å². The van der Waals surface area contributed by atoms with Crippen LogP contribution < -0.4 is 19.7 Å². The quantitative estimate of drug-likeness (QED) is 0.918. The third-order valence-corrected chi connectivity index (χ3v) is 4.40. The van der Waals surface area contributed by atoms with E-state index in [4.69, 9.17) is 9.47 Å². The minimum absolute atomic E-state index is 0.0375. The third-order valence-electron chi connectivity index (χ3n) is 4.40. The molecule has 0 saturated heterocycles. The van der Waals surface area contributed by atoms with Gasteiger partial charge >= 0.3 is 0 Å². The number of rotatable bonds is 3. The number of nitrogens with one attached hydrogen (secondary N) is 1. The Labute approximate surface area is 152 Å². The van der Waals surface area contributed by atoms with E-state index in [1.165, 1.54) is 7.11 Å². The highest BCUT2D eigenvalue weighted by Gasteiger charge is 2.36. The molecule has 1 aliphatic rings. The number of nitrogens with zero attached hydrogens (tertiary/aromatic N) is 1. The van der Waals surface area contributed by atoms with Gasteiger partial charge in [0.15, 0.2) is 0 Å². The molecule has 0 aromatic heterocycles. The van der Waals surface area contributed by atoms with Crippen molar-refractivity contribution in [3.63, 3.8) is 0 Å². The second-order valence-corrected chi connectivity index (χ2v) is 6.87. The van der Waals surface area contributed by atoms with Crippen molar-refractivity contribution in [1.82, 2.24) is 0 Å². The first kappa shape index (κ1) is 17.8. The van der Waals surface area contributed by atoms with Gasteiger partial charge in [0, 0.05) is 12.7 Å². The molecule has 0 spiro atoms. The Hall–Kier alpha value is -3.02. The molecular weight excluding hydrogens is 332 g/mol. The van der Waals surface area contributed by atoms with Gasteiger partial charge in [0.2, 0.25) is 5.91 Å². The van der Waals surface area contributed by atoms with Gasteiger partial charge in [-0.05, 0) is 44.2 Å². The molecule has 0 fully saturated rings. The summed E-state index contributed by atoms with van der Waals surface area (Å²) in [6.45, 7) is 4.00. The number of benzene rings is 2. The lowest BCUT2D eigenvalue weighted by Gasteiger charge is -2.24. The Kier molecular flexibility index (Phi) is 4.59. The van der Waals surface area contributed by atoms with Crippen LogP contribution in [-0.4, -0.2) is 32.6 Å². The van der Waals surface area contributed by atoms with Gasteiger partial charge < -0.3 is 19.7 Å². The van der Waals surface area contributed by atoms with Gasteiger partial charge in [-0.3, -0.25) is 9.59 Å². The van der Waals surface area contributed by atoms with Crippen LogP contribution in [0, 0.1) is 5.41 Å². The number of ether oxygens (including phenoxy) is 2. The number of fused-ring (bicyclic) bond motifs is 1. The summed E-state index contributed by atoms with van der Waals surface area (Å²) < 4.78 is 11.0. The summed E-state index contributed by atoms with van der Waals surface area (Å²) >= 11 is 0. The highest BCUT2D eigenvalue weighted by molar-refractivity contribution is 6.07. The summed E-state index contributed by atoms with van der Waals surface area (Å²) in [5, 5.41) is 2.85. The molecular formula is C20H22N2O4.